The Labute approximate surface area is 155 Å². The van der Waals surface area contributed by atoms with E-state index in [4.69, 9.17) is 4.74 Å². The molecule has 4 rings (SSSR count). The van der Waals surface area contributed by atoms with E-state index in [-0.39, 0.29) is 0 Å². The van der Waals surface area contributed by atoms with E-state index < -0.39 is 0 Å². The van der Waals surface area contributed by atoms with Gasteiger partial charge < -0.3 is 4.74 Å². The van der Waals surface area contributed by atoms with Gasteiger partial charge in [-0.2, -0.15) is 0 Å². The normalized spacial score (nSPS) is 28.2. The first-order chi connectivity index (χ1) is 12.2. The van der Waals surface area contributed by atoms with E-state index in [1.165, 1.54) is 89.0 Å². The topological polar surface area (TPSA) is 9.23 Å². The van der Waals surface area contributed by atoms with Crippen LogP contribution < -0.4 is 4.74 Å². The third-order valence-corrected chi connectivity index (χ3v) is 7.30. The molecule has 3 saturated carbocycles. The Balaban J connectivity index is 1.46. The minimum Gasteiger partial charge on any atom is -0.494 e. The Morgan fingerprint density at radius 3 is 1.92 bits per heavy atom. The van der Waals surface area contributed by atoms with E-state index >= 15 is 0 Å². The second kappa shape index (κ2) is 8.60. The highest BCUT2D eigenvalue weighted by Gasteiger charge is 2.47. The first-order valence-corrected chi connectivity index (χ1v) is 10.9. The summed E-state index contributed by atoms with van der Waals surface area (Å²) >= 11 is 0. The van der Waals surface area contributed by atoms with Crippen molar-refractivity contribution in [3.63, 3.8) is 0 Å². The predicted octanol–water partition coefficient (Wildman–Crippen LogP) is 7.33. The van der Waals surface area contributed by atoms with Gasteiger partial charge in [0.05, 0.1) is 6.61 Å². The summed E-state index contributed by atoms with van der Waals surface area (Å²) in [4.78, 5) is 0. The molecule has 0 radical (unpaired) electrons. The summed E-state index contributed by atoms with van der Waals surface area (Å²) in [6.45, 7) is 5.12. The van der Waals surface area contributed by atoms with E-state index in [0.29, 0.717) is 5.41 Å². The van der Waals surface area contributed by atoms with Crippen molar-refractivity contribution in [1.82, 2.24) is 0 Å². The molecule has 0 atom stereocenters. The highest BCUT2D eigenvalue weighted by molar-refractivity contribution is 5.27. The van der Waals surface area contributed by atoms with Crippen LogP contribution in [-0.2, 0) is 6.42 Å². The third-order valence-electron chi connectivity index (χ3n) is 7.30. The molecule has 2 bridgehead atoms. The molecule has 1 aromatic carbocycles. The molecule has 1 heteroatoms. The second-order valence-electron chi connectivity index (χ2n) is 8.89. The quantitative estimate of drug-likeness (QED) is 0.404. The van der Waals surface area contributed by atoms with E-state index in [1.807, 2.05) is 6.92 Å². The number of benzene rings is 1. The molecule has 3 aliphatic rings. The van der Waals surface area contributed by atoms with Crippen molar-refractivity contribution in [2.45, 2.75) is 97.3 Å². The smallest absolute Gasteiger partial charge is 0.119 e. The molecular weight excluding hydrogens is 304 g/mol. The van der Waals surface area contributed by atoms with Crippen molar-refractivity contribution in [3.8, 4) is 5.75 Å². The van der Waals surface area contributed by atoms with Crippen LogP contribution in [0.4, 0.5) is 0 Å². The van der Waals surface area contributed by atoms with Gasteiger partial charge in [0.15, 0.2) is 0 Å². The molecule has 0 saturated heterocycles. The van der Waals surface area contributed by atoms with Crippen LogP contribution in [0.1, 0.15) is 96.5 Å². The van der Waals surface area contributed by atoms with Gasteiger partial charge in [-0.1, -0.05) is 44.7 Å². The zero-order valence-electron chi connectivity index (χ0n) is 16.6. The summed E-state index contributed by atoms with van der Waals surface area (Å²) in [6.07, 6.45) is 18.9. The Bertz CT molecular complexity index is 491. The summed E-state index contributed by atoms with van der Waals surface area (Å²) in [7, 11) is 0. The molecule has 0 aliphatic heterocycles. The van der Waals surface area contributed by atoms with Gasteiger partial charge in [0.1, 0.15) is 5.75 Å². The van der Waals surface area contributed by atoms with Crippen molar-refractivity contribution in [2.75, 3.05) is 6.61 Å². The highest BCUT2D eigenvalue weighted by atomic mass is 16.5. The second-order valence-corrected chi connectivity index (χ2v) is 8.89. The van der Waals surface area contributed by atoms with E-state index in [0.717, 1.165) is 17.8 Å². The zero-order chi connectivity index (χ0) is 17.6. The van der Waals surface area contributed by atoms with Crippen molar-refractivity contribution < 1.29 is 4.74 Å². The number of ether oxygens (including phenoxy) is 1. The molecule has 3 fully saturated rings. The maximum atomic E-state index is 5.56. The van der Waals surface area contributed by atoms with Gasteiger partial charge in [0, 0.05) is 0 Å². The molecule has 3 aliphatic carbocycles. The molecule has 25 heavy (non-hydrogen) atoms. The fraction of sp³-hybridized carbons (Fsp3) is 0.750. The van der Waals surface area contributed by atoms with Gasteiger partial charge in [-0.05, 0) is 93.2 Å². The number of hydrogen-bond acceptors (Lipinski definition) is 1. The maximum Gasteiger partial charge on any atom is 0.119 e. The van der Waals surface area contributed by atoms with E-state index in [9.17, 15) is 0 Å². The standard InChI is InChI=1S/C24H38O/c1-3-5-6-7-13-23-15-18-24(19-16-23,20-17-23)14-12-21-8-10-22(11-9-21)25-4-2/h8-11H,3-7,12-20H2,1-2H3. The minimum absolute atomic E-state index is 0.670. The molecule has 0 spiro atoms. The number of aryl methyl sites for hydroxylation is 1. The molecular formula is C24H38O. The number of rotatable bonds is 10. The van der Waals surface area contributed by atoms with Gasteiger partial charge in [-0.25, -0.2) is 0 Å². The number of unbranched alkanes of at least 4 members (excludes halogenated alkanes) is 3. The summed E-state index contributed by atoms with van der Waals surface area (Å²) in [5.74, 6) is 1.01. The molecule has 1 aromatic rings. The molecule has 0 amide bonds. The average Bonchev–Trinajstić information content (AvgIpc) is 2.67. The van der Waals surface area contributed by atoms with Gasteiger partial charge in [-0.15, -0.1) is 0 Å². The van der Waals surface area contributed by atoms with Crippen LogP contribution in [-0.4, -0.2) is 6.61 Å². The summed E-state index contributed by atoms with van der Waals surface area (Å²) in [5, 5.41) is 0. The summed E-state index contributed by atoms with van der Waals surface area (Å²) in [5.41, 5.74) is 2.90. The SMILES string of the molecule is CCCCCCC12CCC(CCc3ccc(OCC)cc3)(CC1)CC2. The lowest BCUT2D eigenvalue weighted by Crippen LogP contribution is -2.41. The lowest BCUT2D eigenvalue weighted by Gasteiger charge is -2.54. The fourth-order valence-corrected chi connectivity index (χ4v) is 5.35. The maximum absolute atomic E-state index is 5.56. The molecule has 1 nitrogen and oxygen atoms in total. The Hall–Kier alpha value is -0.980. The van der Waals surface area contributed by atoms with E-state index in [2.05, 4.69) is 31.2 Å². The largest absolute Gasteiger partial charge is 0.494 e. The molecule has 0 heterocycles. The minimum atomic E-state index is 0.670. The lowest BCUT2D eigenvalue weighted by atomic mass is 9.51. The molecule has 0 aromatic heterocycles. The van der Waals surface area contributed by atoms with Crippen LogP contribution in [0.5, 0.6) is 5.75 Å². The van der Waals surface area contributed by atoms with Crippen LogP contribution in [0.2, 0.25) is 0 Å². The average molecular weight is 343 g/mol. The van der Waals surface area contributed by atoms with Gasteiger partial charge in [0.2, 0.25) is 0 Å². The van der Waals surface area contributed by atoms with Gasteiger partial charge in [-0.3, -0.25) is 0 Å². The Morgan fingerprint density at radius 2 is 1.36 bits per heavy atom. The first-order valence-electron chi connectivity index (χ1n) is 10.9. The molecule has 140 valence electrons. The first kappa shape index (κ1) is 18.8. The van der Waals surface area contributed by atoms with Crippen molar-refractivity contribution in [3.05, 3.63) is 29.8 Å². The Morgan fingerprint density at radius 1 is 0.760 bits per heavy atom. The van der Waals surface area contributed by atoms with Gasteiger partial charge in [0.25, 0.3) is 0 Å². The predicted molar refractivity (Wildman–Crippen MR) is 107 cm³/mol. The van der Waals surface area contributed by atoms with Crippen LogP contribution in [0.25, 0.3) is 0 Å². The van der Waals surface area contributed by atoms with Crippen LogP contribution >= 0.6 is 0 Å². The van der Waals surface area contributed by atoms with Crippen molar-refractivity contribution >= 4 is 0 Å². The van der Waals surface area contributed by atoms with Crippen molar-refractivity contribution in [2.24, 2.45) is 10.8 Å². The molecule has 0 unspecified atom stereocenters. The highest BCUT2D eigenvalue weighted by Crippen LogP contribution is 2.60. The fourth-order valence-electron chi connectivity index (χ4n) is 5.35. The van der Waals surface area contributed by atoms with E-state index in [1.54, 1.807) is 0 Å². The van der Waals surface area contributed by atoms with Crippen LogP contribution in [0, 0.1) is 10.8 Å². The summed E-state index contributed by atoms with van der Waals surface area (Å²) < 4.78 is 5.56. The lowest BCUT2D eigenvalue weighted by molar-refractivity contribution is -0.0205. The number of hydrogen-bond donors (Lipinski definition) is 0. The summed E-state index contributed by atoms with van der Waals surface area (Å²) in [6, 6.07) is 8.82. The van der Waals surface area contributed by atoms with Crippen molar-refractivity contribution in [1.29, 1.82) is 0 Å². The van der Waals surface area contributed by atoms with Crippen LogP contribution in [0.15, 0.2) is 24.3 Å². The monoisotopic (exact) mass is 342 g/mol. The Kier molecular flexibility index (Phi) is 6.47. The van der Waals surface area contributed by atoms with Gasteiger partial charge >= 0.3 is 0 Å². The molecule has 0 N–H and O–H groups in total. The third kappa shape index (κ3) is 4.80. The van der Waals surface area contributed by atoms with Crippen LogP contribution in [0.3, 0.4) is 0 Å². The number of fused-ring (bicyclic) bond motifs is 3. The zero-order valence-corrected chi connectivity index (χ0v) is 16.6.